The normalized spacial score (nSPS) is 13.7. The molecule has 1 unspecified atom stereocenters. The Bertz CT molecular complexity index is 480. The van der Waals surface area contributed by atoms with Crippen molar-refractivity contribution < 1.29 is 13.5 Å². The summed E-state index contributed by atoms with van der Waals surface area (Å²) in [6, 6.07) is 6.89. The van der Waals surface area contributed by atoms with Crippen LogP contribution in [-0.4, -0.2) is 19.6 Å². The quantitative estimate of drug-likeness (QED) is 0.805. The largest absolute Gasteiger partial charge is 0.392 e. The first-order valence-electron chi connectivity index (χ1n) is 6.51. The second kappa shape index (κ2) is 7.03. The zero-order valence-corrected chi connectivity index (χ0v) is 12.6. The average Bonchev–Trinajstić information content (AvgIpc) is 2.27. The highest BCUT2D eigenvalue weighted by molar-refractivity contribution is 7.88. The molecule has 0 fully saturated rings. The zero-order valence-electron chi connectivity index (χ0n) is 11.8. The molecule has 0 saturated heterocycles. The van der Waals surface area contributed by atoms with Gasteiger partial charge in [0, 0.05) is 6.04 Å². The second-order valence-electron chi connectivity index (χ2n) is 5.38. The van der Waals surface area contributed by atoms with E-state index in [0.29, 0.717) is 5.92 Å². The number of rotatable bonds is 7. The van der Waals surface area contributed by atoms with Crippen molar-refractivity contribution in [2.45, 2.75) is 45.6 Å². The van der Waals surface area contributed by atoms with Crippen LogP contribution in [-0.2, 0) is 22.4 Å². The van der Waals surface area contributed by atoms with Gasteiger partial charge in [-0.2, -0.15) is 0 Å². The summed E-state index contributed by atoms with van der Waals surface area (Å²) >= 11 is 0. The lowest BCUT2D eigenvalue weighted by Crippen LogP contribution is -2.34. The number of sulfonamides is 1. The molecule has 0 aliphatic carbocycles. The van der Waals surface area contributed by atoms with Crippen molar-refractivity contribution in [3.8, 4) is 0 Å². The fraction of sp³-hybridized carbons (Fsp3) is 0.571. The number of hydrogen-bond donors (Lipinski definition) is 2. The first-order chi connectivity index (χ1) is 8.82. The monoisotopic (exact) mass is 285 g/mol. The van der Waals surface area contributed by atoms with E-state index in [1.165, 1.54) is 0 Å². The minimum atomic E-state index is -3.31. The molecular weight excluding hydrogens is 262 g/mol. The van der Waals surface area contributed by atoms with Gasteiger partial charge < -0.3 is 5.11 Å². The highest BCUT2D eigenvalue weighted by atomic mass is 32.2. The van der Waals surface area contributed by atoms with Crippen molar-refractivity contribution in [2.24, 2.45) is 5.92 Å². The molecule has 0 amide bonds. The minimum absolute atomic E-state index is 0.0266. The van der Waals surface area contributed by atoms with Crippen LogP contribution in [0.1, 0.15) is 38.3 Å². The lowest BCUT2D eigenvalue weighted by Gasteiger charge is -2.16. The van der Waals surface area contributed by atoms with Crippen LogP contribution in [0.4, 0.5) is 0 Å². The Hall–Kier alpha value is -0.910. The van der Waals surface area contributed by atoms with E-state index < -0.39 is 10.0 Å². The molecule has 1 rings (SSSR count). The first-order valence-corrected chi connectivity index (χ1v) is 8.16. The van der Waals surface area contributed by atoms with Gasteiger partial charge in [0.25, 0.3) is 0 Å². The molecule has 2 N–H and O–H groups in total. The number of hydrogen-bond acceptors (Lipinski definition) is 3. The average molecular weight is 285 g/mol. The van der Waals surface area contributed by atoms with Gasteiger partial charge in [-0.05, 0) is 30.4 Å². The summed E-state index contributed by atoms with van der Waals surface area (Å²) in [5.74, 6) is 0.433. The molecule has 0 aliphatic heterocycles. The van der Waals surface area contributed by atoms with E-state index in [4.69, 9.17) is 5.11 Å². The highest BCUT2D eigenvalue weighted by Gasteiger charge is 2.16. The zero-order chi connectivity index (χ0) is 14.5. The number of aliphatic hydroxyl groups excluding tert-OH is 1. The fourth-order valence-corrected chi connectivity index (χ4v) is 3.49. The maximum absolute atomic E-state index is 12.0. The van der Waals surface area contributed by atoms with Gasteiger partial charge in [-0.25, -0.2) is 13.1 Å². The van der Waals surface area contributed by atoms with Crippen LogP contribution in [0.5, 0.6) is 0 Å². The van der Waals surface area contributed by atoms with Gasteiger partial charge >= 0.3 is 0 Å². The van der Waals surface area contributed by atoms with Crippen LogP contribution in [0.2, 0.25) is 0 Å². The summed E-state index contributed by atoms with van der Waals surface area (Å²) < 4.78 is 26.7. The topological polar surface area (TPSA) is 66.4 Å². The SMILES string of the molecule is CC(C)CC(C)NS(=O)(=O)Cc1ccc(CO)cc1. The van der Waals surface area contributed by atoms with Crippen molar-refractivity contribution in [3.05, 3.63) is 35.4 Å². The predicted octanol–water partition coefficient (Wildman–Crippen LogP) is 2.03. The van der Waals surface area contributed by atoms with Crippen LogP contribution in [0, 0.1) is 5.92 Å². The number of aliphatic hydroxyl groups is 1. The third kappa shape index (κ3) is 6.18. The van der Waals surface area contributed by atoms with Crippen LogP contribution in [0.15, 0.2) is 24.3 Å². The van der Waals surface area contributed by atoms with E-state index in [1.54, 1.807) is 24.3 Å². The van der Waals surface area contributed by atoms with E-state index in [9.17, 15) is 8.42 Å². The smallest absolute Gasteiger partial charge is 0.216 e. The van der Waals surface area contributed by atoms with E-state index in [0.717, 1.165) is 17.5 Å². The van der Waals surface area contributed by atoms with Gasteiger partial charge in [-0.1, -0.05) is 38.1 Å². The third-order valence-electron chi connectivity index (χ3n) is 2.77. The van der Waals surface area contributed by atoms with Gasteiger partial charge in [-0.3, -0.25) is 0 Å². The molecule has 1 atom stereocenters. The lowest BCUT2D eigenvalue weighted by molar-refractivity contribution is 0.282. The number of nitrogens with one attached hydrogen (secondary N) is 1. The molecule has 0 heterocycles. The van der Waals surface area contributed by atoms with E-state index in [2.05, 4.69) is 18.6 Å². The Morgan fingerprint density at radius 2 is 1.63 bits per heavy atom. The molecule has 108 valence electrons. The van der Waals surface area contributed by atoms with Gasteiger partial charge in [-0.15, -0.1) is 0 Å². The maximum atomic E-state index is 12.0. The minimum Gasteiger partial charge on any atom is -0.392 e. The fourth-order valence-electron chi connectivity index (χ4n) is 2.06. The summed E-state index contributed by atoms with van der Waals surface area (Å²) in [5, 5.41) is 8.93. The van der Waals surface area contributed by atoms with Crippen LogP contribution < -0.4 is 4.72 Å². The van der Waals surface area contributed by atoms with Crippen molar-refractivity contribution in [1.29, 1.82) is 0 Å². The second-order valence-corrected chi connectivity index (χ2v) is 7.14. The van der Waals surface area contributed by atoms with E-state index >= 15 is 0 Å². The van der Waals surface area contributed by atoms with Gasteiger partial charge in [0.1, 0.15) is 0 Å². The summed E-state index contributed by atoms with van der Waals surface area (Å²) in [5.41, 5.74) is 1.50. The Morgan fingerprint density at radius 3 is 2.11 bits per heavy atom. The van der Waals surface area contributed by atoms with Crippen molar-refractivity contribution in [3.63, 3.8) is 0 Å². The molecule has 0 radical (unpaired) electrons. The molecule has 0 aliphatic rings. The molecule has 0 bridgehead atoms. The van der Waals surface area contributed by atoms with Crippen molar-refractivity contribution in [1.82, 2.24) is 4.72 Å². The lowest BCUT2D eigenvalue weighted by atomic mass is 10.1. The van der Waals surface area contributed by atoms with Gasteiger partial charge in [0.15, 0.2) is 0 Å². The Labute approximate surface area is 115 Å². The first kappa shape index (κ1) is 16.1. The number of benzene rings is 1. The Morgan fingerprint density at radius 1 is 1.11 bits per heavy atom. The van der Waals surface area contributed by atoms with Crippen LogP contribution in [0.3, 0.4) is 0 Å². The van der Waals surface area contributed by atoms with E-state index in [-0.39, 0.29) is 18.4 Å². The molecule has 0 aromatic heterocycles. The summed E-state index contributed by atoms with van der Waals surface area (Å²) in [6.45, 7) is 5.99. The molecule has 1 aromatic rings. The van der Waals surface area contributed by atoms with Gasteiger partial charge in [0.2, 0.25) is 10.0 Å². The molecule has 5 heteroatoms. The molecule has 19 heavy (non-hydrogen) atoms. The summed E-state index contributed by atoms with van der Waals surface area (Å²) in [6.07, 6.45) is 0.822. The molecule has 0 saturated carbocycles. The van der Waals surface area contributed by atoms with Crippen LogP contribution in [0.25, 0.3) is 0 Å². The van der Waals surface area contributed by atoms with E-state index in [1.807, 2.05) is 6.92 Å². The Balaban J connectivity index is 2.63. The summed E-state index contributed by atoms with van der Waals surface area (Å²) in [7, 11) is -3.31. The molecule has 4 nitrogen and oxygen atoms in total. The maximum Gasteiger partial charge on any atom is 0.216 e. The summed E-state index contributed by atoms with van der Waals surface area (Å²) in [4.78, 5) is 0. The van der Waals surface area contributed by atoms with Crippen LogP contribution >= 0.6 is 0 Å². The third-order valence-corrected chi connectivity index (χ3v) is 4.24. The predicted molar refractivity (Wildman–Crippen MR) is 77.0 cm³/mol. The van der Waals surface area contributed by atoms with Crippen molar-refractivity contribution in [2.75, 3.05) is 0 Å². The standard InChI is InChI=1S/C14H23NO3S/c1-11(2)8-12(3)15-19(17,18)10-14-6-4-13(9-16)5-7-14/h4-7,11-12,15-16H,8-10H2,1-3H3. The molecule has 0 spiro atoms. The Kier molecular flexibility index (Phi) is 5.97. The molecular formula is C14H23NO3S. The van der Waals surface area contributed by atoms with Crippen molar-refractivity contribution >= 4 is 10.0 Å². The highest BCUT2D eigenvalue weighted by Crippen LogP contribution is 2.10. The van der Waals surface area contributed by atoms with Gasteiger partial charge in [0.05, 0.1) is 12.4 Å². The molecule has 1 aromatic carbocycles.